The van der Waals surface area contributed by atoms with Crippen LogP contribution in [0.15, 0.2) is 54.7 Å². The molecule has 1 fully saturated rings. The zero-order valence-electron chi connectivity index (χ0n) is 17.0. The Morgan fingerprint density at radius 1 is 1.06 bits per heavy atom. The molecule has 2 N–H and O–H groups in total. The molecule has 0 bridgehead atoms. The van der Waals surface area contributed by atoms with Crippen LogP contribution < -0.4 is 10.6 Å². The topological polar surface area (TPSA) is 109 Å². The van der Waals surface area contributed by atoms with Gasteiger partial charge in [-0.3, -0.25) is 18.9 Å². The van der Waals surface area contributed by atoms with Gasteiger partial charge in [0.05, 0.1) is 6.54 Å². The highest BCUT2D eigenvalue weighted by atomic mass is 16.2. The number of aromatic nitrogens is 3. The molecular weight excluding hydrogens is 396 g/mol. The predicted octanol–water partition coefficient (Wildman–Crippen LogP) is 1.68. The van der Waals surface area contributed by atoms with Crippen LogP contribution in [-0.2, 0) is 22.6 Å². The second-order valence-corrected chi connectivity index (χ2v) is 7.45. The van der Waals surface area contributed by atoms with E-state index in [1.54, 1.807) is 0 Å². The first-order valence-corrected chi connectivity index (χ1v) is 10.3. The largest absolute Gasteiger partial charge is 0.356 e. The Kier molecular flexibility index (Phi) is 6.21. The fraction of sp³-hybridized carbons (Fsp3) is 0.318. The number of benzene rings is 1. The number of hydrogen-bond acceptors (Lipinski definition) is 5. The van der Waals surface area contributed by atoms with Gasteiger partial charge in [-0.2, -0.15) is 0 Å². The van der Waals surface area contributed by atoms with Crippen molar-refractivity contribution in [1.82, 2.24) is 30.1 Å². The van der Waals surface area contributed by atoms with Crippen LogP contribution in [0, 0.1) is 0 Å². The summed E-state index contributed by atoms with van der Waals surface area (Å²) in [7, 11) is 0. The van der Waals surface area contributed by atoms with Crippen molar-refractivity contribution in [3.05, 3.63) is 66.1 Å². The zero-order valence-corrected chi connectivity index (χ0v) is 17.0. The number of hydrogen-bond donors (Lipinski definition) is 2. The Labute approximate surface area is 179 Å². The van der Waals surface area contributed by atoms with Crippen LogP contribution in [0.25, 0.3) is 5.65 Å². The summed E-state index contributed by atoms with van der Waals surface area (Å²) in [6.07, 6.45) is 3.78. The highest BCUT2D eigenvalue weighted by Crippen LogP contribution is 2.15. The summed E-state index contributed by atoms with van der Waals surface area (Å²) < 4.78 is 1.93. The van der Waals surface area contributed by atoms with E-state index in [0.717, 1.165) is 23.5 Å². The van der Waals surface area contributed by atoms with E-state index >= 15 is 0 Å². The highest BCUT2D eigenvalue weighted by molar-refractivity contribution is 6.04. The lowest BCUT2D eigenvalue weighted by molar-refractivity contribution is -0.128. The molecule has 4 amide bonds. The van der Waals surface area contributed by atoms with Gasteiger partial charge in [0.1, 0.15) is 11.9 Å². The SMILES string of the molecule is O=C(CC[C@@H]1NC(=O)N(Cc2ccccc2)C1=O)NCCCc1nnc2ccccn12. The molecule has 0 aliphatic carbocycles. The number of pyridine rings is 1. The fourth-order valence-electron chi connectivity index (χ4n) is 3.59. The summed E-state index contributed by atoms with van der Waals surface area (Å²) in [6, 6.07) is 14.0. The van der Waals surface area contributed by atoms with E-state index in [1.807, 2.05) is 59.1 Å². The maximum absolute atomic E-state index is 12.5. The van der Waals surface area contributed by atoms with Gasteiger partial charge in [0.25, 0.3) is 5.91 Å². The number of fused-ring (bicyclic) bond motifs is 1. The highest BCUT2D eigenvalue weighted by Gasteiger charge is 2.37. The molecule has 0 saturated carbocycles. The standard InChI is InChI=1S/C22H24N6O3/c29-20(23-13-6-10-19-26-25-18-9-4-5-14-27(18)19)12-11-17-21(30)28(22(31)24-17)15-16-7-2-1-3-8-16/h1-5,7-9,14,17H,6,10-13,15H2,(H,23,29)(H,24,31)/t17-/m0/s1. The maximum Gasteiger partial charge on any atom is 0.325 e. The summed E-state index contributed by atoms with van der Waals surface area (Å²) in [5.41, 5.74) is 1.68. The molecule has 160 valence electrons. The number of carbonyl (C=O) groups is 3. The Hall–Kier alpha value is -3.75. The number of carbonyl (C=O) groups excluding carboxylic acids is 3. The van der Waals surface area contributed by atoms with Crippen LogP contribution in [0.3, 0.4) is 0 Å². The monoisotopic (exact) mass is 420 g/mol. The van der Waals surface area contributed by atoms with Gasteiger partial charge in [-0.1, -0.05) is 36.4 Å². The maximum atomic E-state index is 12.5. The van der Waals surface area contributed by atoms with Crippen LogP contribution in [0.4, 0.5) is 4.79 Å². The van der Waals surface area contributed by atoms with Crippen molar-refractivity contribution in [2.45, 2.75) is 38.3 Å². The minimum Gasteiger partial charge on any atom is -0.356 e. The summed E-state index contributed by atoms with van der Waals surface area (Å²) in [5.74, 6) is 0.414. The van der Waals surface area contributed by atoms with Crippen LogP contribution in [-0.4, -0.2) is 49.9 Å². The van der Waals surface area contributed by atoms with Gasteiger partial charge < -0.3 is 10.6 Å². The van der Waals surface area contributed by atoms with E-state index in [-0.39, 0.29) is 31.2 Å². The smallest absolute Gasteiger partial charge is 0.325 e. The number of rotatable bonds is 9. The first kappa shape index (κ1) is 20.5. The van der Waals surface area contributed by atoms with Crippen molar-refractivity contribution in [3.8, 4) is 0 Å². The molecule has 0 radical (unpaired) electrons. The molecule has 2 aromatic heterocycles. The van der Waals surface area contributed by atoms with Crippen LogP contribution in [0.1, 0.15) is 30.7 Å². The Morgan fingerprint density at radius 2 is 1.87 bits per heavy atom. The molecule has 0 unspecified atom stereocenters. The summed E-state index contributed by atoms with van der Waals surface area (Å²) in [6.45, 7) is 0.733. The average Bonchev–Trinajstić information content (AvgIpc) is 3.32. The van der Waals surface area contributed by atoms with Crippen molar-refractivity contribution in [1.29, 1.82) is 0 Å². The molecule has 4 rings (SSSR count). The van der Waals surface area contributed by atoms with Gasteiger partial charge in [0.2, 0.25) is 5.91 Å². The minimum absolute atomic E-state index is 0.144. The van der Waals surface area contributed by atoms with Crippen molar-refractivity contribution in [3.63, 3.8) is 0 Å². The molecule has 9 heteroatoms. The summed E-state index contributed by atoms with van der Waals surface area (Å²) in [4.78, 5) is 38.0. The van der Waals surface area contributed by atoms with E-state index < -0.39 is 12.1 Å². The van der Waals surface area contributed by atoms with Crippen LogP contribution >= 0.6 is 0 Å². The third-order valence-corrected chi connectivity index (χ3v) is 5.23. The van der Waals surface area contributed by atoms with Gasteiger partial charge in [0.15, 0.2) is 5.65 Å². The van der Waals surface area contributed by atoms with Gasteiger partial charge in [0, 0.05) is 25.6 Å². The Bertz CT molecular complexity index is 1080. The molecule has 1 aromatic carbocycles. The number of urea groups is 1. The van der Waals surface area contributed by atoms with Crippen molar-refractivity contribution in [2.75, 3.05) is 6.54 Å². The summed E-state index contributed by atoms with van der Waals surface area (Å²) in [5, 5.41) is 13.8. The molecule has 3 heterocycles. The van der Waals surface area contributed by atoms with Crippen molar-refractivity contribution < 1.29 is 14.4 Å². The number of amides is 4. The van der Waals surface area contributed by atoms with Gasteiger partial charge in [-0.15, -0.1) is 10.2 Å². The Morgan fingerprint density at radius 3 is 2.71 bits per heavy atom. The second kappa shape index (κ2) is 9.38. The quantitative estimate of drug-likeness (QED) is 0.404. The van der Waals surface area contributed by atoms with E-state index in [9.17, 15) is 14.4 Å². The number of nitrogens with zero attached hydrogens (tertiary/aromatic N) is 4. The second-order valence-electron chi connectivity index (χ2n) is 7.45. The number of aryl methyl sites for hydroxylation is 1. The molecule has 1 atom stereocenters. The third kappa shape index (κ3) is 4.88. The fourth-order valence-corrected chi connectivity index (χ4v) is 3.59. The van der Waals surface area contributed by atoms with Gasteiger partial charge in [-0.25, -0.2) is 4.79 Å². The third-order valence-electron chi connectivity index (χ3n) is 5.23. The lowest BCUT2D eigenvalue weighted by atomic mass is 10.1. The molecule has 3 aromatic rings. The lowest BCUT2D eigenvalue weighted by Gasteiger charge is -2.13. The molecule has 1 aliphatic heterocycles. The first-order valence-electron chi connectivity index (χ1n) is 10.3. The minimum atomic E-state index is -0.663. The number of imide groups is 1. The van der Waals surface area contributed by atoms with Crippen LogP contribution in [0.2, 0.25) is 0 Å². The summed E-state index contributed by atoms with van der Waals surface area (Å²) >= 11 is 0. The molecular formula is C22H24N6O3. The van der Waals surface area contributed by atoms with Gasteiger partial charge in [-0.05, 0) is 30.5 Å². The molecule has 0 spiro atoms. The molecule has 1 aliphatic rings. The molecule has 31 heavy (non-hydrogen) atoms. The predicted molar refractivity (Wildman–Crippen MR) is 113 cm³/mol. The average molecular weight is 420 g/mol. The normalized spacial score (nSPS) is 16.0. The van der Waals surface area contributed by atoms with Crippen molar-refractivity contribution in [2.24, 2.45) is 0 Å². The zero-order chi connectivity index (χ0) is 21.6. The lowest BCUT2D eigenvalue weighted by Crippen LogP contribution is -2.32. The van der Waals surface area contributed by atoms with E-state index in [2.05, 4.69) is 20.8 Å². The van der Waals surface area contributed by atoms with Crippen molar-refractivity contribution >= 4 is 23.5 Å². The van der Waals surface area contributed by atoms with E-state index in [4.69, 9.17) is 0 Å². The first-order chi connectivity index (χ1) is 15.1. The van der Waals surface area contributed by atoms with E-state index in [1.165, 1.54) is 4.90 Å². The number of nitrogens with one attached hydrogen (secondary N) is 2. The van der Waals surface area contributed by atoms with E-state index in [0.29, 0.717) is 13.0 Å². The molecule has 1 saturated heterocycles. The van der Waals surface area contributed by atoms with Gasteiger partial charge >= 0.3 is 6.03 Å². The van der Waals surface area contributed by atoms with Crippen LogP contribution in [0.5, 0.6) is 0 Å². The molecule has 9 nitrogen and oxygen atoms in total. The Balaban J connectivity index is 1.18.